The Kier molecular flexibility index (Phi) is 5.11. The van der Waals surface area contributed by atoms with Gasteiger partial charge >= 0.3 is 0 Å². The molecule has 0 bridgehead atoms. The van der Waals surface area contributed by atoms with Crippen molar-refractivity contribution < 1.29 is 4.74 Å². The SMILES string of the molecule is CN1CCN(c2cnnc(Nc3ccc(Oc4ccccc4)cc3)n2)CC1. The number of para-hydroxylation sites is 1. The van der Waals surface area contributed by atoms with Gasteiger partial charge in [-0.3, -0.25) is 0 Å². The van der Waals surface area contributed by atoms with Crippen LogP contribution < -0.4 is 15.0 Å². The van der Waals surface area contributed by atoms with Crippen LogP contribution in [0.3, 0.4) is 0 Å². The summed E-state index contributed by atoms with van der Waals surface area (Å²) in [5.41, 5.74) is 0.882. The van der Waals surface area contributed by atoms with E-state index in [0.29, 0.717) is 5.95 Å². The first-order valence-corrected chi connectivity index (χ1v) is 8.99. The van der Waals surface area contributed by atoms with Crippen LogP contribution in [-0.4, -0.2) is 53.3 Å². The number of benzene rings is 2. The van der Waals surface area contributed by atoms with Crippen LogP contribution >= 0.6 is 0 Å². The Labute approximate surface area is 158 Å². The van der Waals surface area contributed by atoms with Crippen molar-refractivity contribution in [1.29, 1.82) is 0 Å². The zero-order valence-corrected chi connectivity index (χ0v) is 15.2. The molecule has 1 aromatic heterocycles. The molecule has 0 spiro atoms. The zero-order valence-electron chi connectivity index (χ0n) is 15.2. The highest BCUT2D eigenvalue weighted by Gasteiger charge is 2.16. The predicted molar refractivity (Wildman–Crippen MR) is 106 cm³/mol. The summed E-state index contributed by atoms with van der Waals surface area (Å²) < 4.78 is 5.81. The Morgan fingerprint density at radius 3 is 2.33 bits per heavy atom. The maximum Gasteiger partial charge on any atom is 0.249 e. The second-order valence-corrected chi connectivity index (χ2v) is 6.49. The van der Waals surface area contributed by atoms with E-state index in [2.05, 4.69) is 37.3 Å². The van der Waals surface area contributed by atoms with E-state index < -0.39 is 0 Å². The molecule has 0 radical (unpaired) electrons. The summed E-state index contributed by atoms with van der Waals surface area (Å²) in [6.07, 6.45) is 1.72. The van der Waals surface area contributed by atoms with Gasteiger partial charge in [-0.2, -0.15) is 10.1 Å². The van der Waals surface area contributed by atoms with Crippen molar-refractivity contribution in [3.63, 3.8) is 0 Å². The first kappa shape index (κ1) is 17.2. The molecule has 4 rings (SSSR count). The van der Waals surface area contributed by atoms with Crippen LogP contribution in [0.2, 0.25) is 0 Å². The van der Waals surface area contributed by atoms with Gasteiger partial charge < -0.3 is 19.9 Å². The highest BCUT2D eigenvalue weighted by molar-refractivity contribution is 5.56. The normalized spacial score (nSPS) is 14.8. The van der Waals surface area contributed by atoms with E-state index in [4.69, 9.17) is 4.74 Å². The largest absolute Gasteiger partial charge is 0.457 e. The summed E-state index contributed by atoms with van der Waals surface area (Å²) in [7, 11) is 2.13. The molecule has 0 atom stereocenters. The van der Waals surface area contributed by atoms with Crippen LogP contribution in [0.5, 0.6) is 11.5 Å². The van der Waals surface area contributed by atoms with Gasteiger partial charge in [-0.15, -0.1) is 5.10 Å². The van der Waals surface area contributed by atoms with Gasteiger partial charge in [0.25, 0.3) is 0 Å². The number of aromatic nitrogens is 3. The average Bonchev–Trinajstić information content (AvgIpc) is 2.71. The second-order valence-electron chi connectivity index (χ2n) is 6.49. The molecule has 1 N–H and O–H groups in total. The number of ether oxygens (including phenoxy) is 1. The first-order chi connectivity index (χ1) is 13.3. The smallest absolute Gasteiger partial charge is 0.249 e. The molecule has 138 valence electrons. The Hall–Kier alpha value is -3.19. The van der Waals surface area contributed by atoms with Crippen molar-refractivity contribution in [3.8, 4) is 11.5 Å². The van der Waals surface area contributed by atoms with E-state index in [1.54, 1.807) is 6.20 Å². The lowest BCUT2D eigenvalue weighted by Gasteiger charge is -2.32. The fourth-order valence-corrected chi connectivity index (χ4v) is 2.90. The fourth-order valence-electron chi connectivity index (χ4n) is 2.90. The lowest BCUT2D eigenvalue weighted by Crippen LogP contribution is -2.44. The minimum absolute atomic E-state index is 0.489. The summed E-state index contributed by atoms with van der Waals surface area (Å²) in [4.78, 5) is 9.14. The number of nitrogens with one attached hydrogen (secondary N) is 1. The van der Waals surface area contributed by atoms with Crippen LogP contribution in [0.25, 0.3) is 0 Å². The Bertz CT molecular complexity index is 863. The van der Waals surface area contributed by atoms with Crippen molar-refractivity contribution in [2.45, 2.75) is 0 Å². The third kappa shape index (κ3) is 4.51. The Balaban J connectivity index is 1.41. The number of hydrogen-bond acceptors (Lipinski definition) is 7. The molecule has 2 heterocycles. The van der Waals surface area contributed by atoms with E-state index in [1.165, 1.54) is 0 Å². The maximum atomic E-state index is 5.81. The molecule has 0 unspecified atom stereocenters. The minimum atomic E-state index is 0.489. The van der Waals surface area contributed by atoms with Crippen molar-refractivity contribution in [2.24, 2.45) is 0 Å². The summed E-state index contributed by atoms with van der Waals surface area (Å²) in [6, 6.07) is 17.4. The van der Waals surface area contributed by atoms with E-state index in [9.17, 15) is 0 Å². The number of nitrogens with zero attached hydrogens (tertiary/aromatic N) is 5. The highest BCUT2D eigenvalue weighted by atomic mass is 16.5. The van der Waals surface area contributed by atoms with Crippen LogP contribution in [0.1, 0.15) is 0 Å². The molecule has 1 saturated heterocycles. The van der Waals surface area contributed by atoms with Gasteiger partial charge in [0.1, 0.15) is 11.5 Å². The predicted octanol–water partition coefficient (Wildman–Crippen LogP) is 3.16. The number of hydrogen-bond donors (Lipinski definition) is 1. The van der Waals surface area contributed by atoms with E-state index in [-0.39, 0.29) is 0 Å². The lowest BCUT2D eigenvalue weighted by molar-refractivity contribution is 0.312. The average molecular weight is 362 g/mol. The molecule has 0 amide bonds. The summed E-state index contributed by atoms with van der Waals surface area (Å²) in [5.74, 6) is 2.93. The monoisotopic (exact) mass is 362 g/mol. The highest BCUT2D eigenvalue weighted by Crippen LogP contribution is 2.24. The van der Waals surface area contributed by atoms with Gasteiger partial charge in [-0.05, 0) is 43.4 Å². The molecule has 1 aliphatic rings. The molecule has 2 aromatic carbocycles. The van der Waals surface area contributed by atoms with Crippen molar-refractivity contribution >= 4 is 17.5 Å². The van der Waals surface area contributed by atoms with Crippen LogP contribution in [-0.2, 0) is 0 Å². The third-order valence-corrected chi connectivity index (χ3v) is 4.46. The quantitative estimate of drug-likeness (QED) is 0.748. The molecular formula is C20H22N6O. The number of piperazine rings is 1. The van der Waals surface area contributed by atoms with E-state index in [1.807, 2.05) is 54.6 Å². The molecule has 0 aliphatic carbocycles. The van der Waals surface area contributed by atoms with Crippen molar-refractivity contribution in [1.82, 2.24) is 20.1 Å². The molecule has 0 saturated carbocycles. The summed E-state index contributed by atoms with van der Waals surface area (Å²) in [5, 5.41) is 11.4. The van der Waals surface area contributed by atoms with E-state index in [0.717, 1.165) is 49.2 Å². The van der Waals surface area contributed by atoms with Crippen LogP contribution in [0.15, 0.2) is 60.8 Å². The maximum absolute atomic E-state index is 5.81. The topological polar surface area (TPSA) is 66.4 Å². The second kappa shape index (κ2) is 8.01. The molecule has 7 heteroatoms. The third-order valence-electron chi connectivity index (χ3n) is 4.46. The standard InChI is InChI=1S/C20H22N6O/c1-25-11-13-26(14-12-25)19-15-21-24-20(23-19)22-16-7-9-18(10-8-16)27-17-5-3-2-4-6-17/h2-10,15H,11-14H2,1H3,(H,22,23,24). The lowest BCUT2D eigenvalue weighted by atomic mass is 10.3. The van der Waals surface area contributed by atoms with E-state index >= 15 is 0 Å². The Morgan fingerprint density at radius 2 is 1.59 bits per heavy atom. The first-order valence-electron chi connectivity index (χ1n) is 8.99. The van der Waals surface area contributed by atoms with Crippen molar-refractivity contribution in [3.05, 3.63) is 60.8 Å². The molecule has 3 aromatic rings. The van der Waals surface area contributed by atoms with Gasteiger partial charge in [-0.25, -0.2) is 0 Å². The molecular weight excluding hydrogens is 340 g/mol. The van der Waals surface area contributed by atoms with Gasteiger partial charge in [0.2, 0.25) is 5.95 Å². The van der Waals surface area contributed by atoms with Gasteiger partial charge in [0.15, 0.2) is 5.82 Å². The molecule has 1 aliphatic heterocycles. The summed E-state index contributed by atoms with van der Waals surface area (Å²) >= 11 is 0. The summed E-state index contributed by atoms with van der Waals surface area (Å²) in [6.45, 7) is 3.94. The fraction of sp³-hybridized carbons (Fsp3) is 0.250. The minimum Gasteiger partial charge on any atom is -0.457 e. The zero-order chi connectivity index (χ0) is 18.5. The molecule has 27 heavy (non-hydrogen) atoms. The van der Waals surface area contributed by atoms with Crippen LogP contribution in [0.4, 0.5) is 17.5 Å². The van der Waals surface area contributed by atoms with Gasteiger partial charge in [0, 0.05) is 31.9 Å². The number of likely N-dealkylation sites (N-methyl/N-ethyl adjacent to an activating group) is 1. The van der Waals surface area contributed by atoms with Gasteiger partial charge in [0.05, 0.1) is 6.20 Å². The molecule has 7 nitrogen and oxygen atoms in total. The molecule has 1 fully saturated rings. The van der Waals surface area contributed by atoms with Gasteiger partial charge in [-0.1, -0.05) is 18.2 Å². The number of rotatable bonds is 5. The van der Waals surface area contributed by atoms with Crippen molar-refractivity contribution in [2.75, 3.05) is 43.4 Å². The Morgan fingerprint density at radius 1 is 0.889 bits per heavy atom. The number of anilines is 3. The van der Waals surface area contributed by atoms with Crippen LogP contribution in [0, 0.1) is 0 Å².